The first-order chi connectivity index (χ1) is 15.5. The molecule has 3 heterocycles. The van der Waals surface area contributed by atoms with Crippen LogP contribution < -0.4 is 20.1 Å². The van der Waals surface area contributed by atoms with Crippen LogP contribution in [0.15, 0.2) is 23.1 Å². The van der Waals surface area contributed by atoms with Gasteiger partial charge < -0.3 is 24.4 Å². The number of halogens is 2. The van der Waals surface area contributed by atoms with E-state index in [2.05, 4.69) is 15.1 Å². The molecular formula is C20H24F2N6O4. The van der Waals surface area contributed by atoms with E-state index in [9.17, 15) is 18.7 Å². The number of aliphatic hydroxyl groups excluding tert-OH is 1. The first-order valence-electron chi connectivity index (χ1n) is 10.2. The maximum atomic E-state index is 14.6. The molecule has 1 saturated heterocycles. The van der Waals surface area contributed by atoms with E-state index in [4.69, 9.17) is 9.47 Å². The van der Waals surface area contributed by atoms with Crippen molar-refractivity contribution in [3.63, 3.8) is 0 Å². The van der Waals surface area contributed by atoms with E-state index in [0.29, 0.717) is 49.8 Å². The molecule has 172 valence electrons. The van der Waals surface area contributed by atoms with Crippen LogP contribution in [0.1, 0.15) is 0 Å². The topological polar surface area (TPSA) is 109 Å². The number of piperazine rings is 1. The summed E-state index contributed by atoms with van der Waals surface area (Å²) in [6.45, 7) is 2.05. The number of rotatable bonds is 8. The molecule has 12 heteroatoms. The Morgan fingerprint density at radius 2 is 1.81 bits per heavy atom. The Labute approximate surface area is 182 Å². The molecule has 32 heavy (non-hydrogen) atoms. The lowest BCUT2D eigenvalue weighted by Gasteiger charge is -2.36. The second kappa shape index (κ2) is 9.49. The fourth-order valence-electron chi connectivity index (χ4n) is 3.67. The molecule has 0 radical (unpaired) electrons. The van der Waals surface area contributed by atoms with Gasteiger partial charge in [-0.3, -0.25) is 9.78 Å². The van der Waals surface area contributed by atoms with Gasteiger partial charge in [0.15, 0.2) is 17.3 Å². The summed E-state index contributed by atoms with van der Waals surface area (Å²) in [6, 6.07) is 2.32. The number of anilines is 2. The van der Waals surface area contributed by atoms with E-state index >= 15 is 0 Å². The summed E-state index contributed by atoms with van der Waals surface area (Å²) in [5.74, 6) is -0.947. The average Bonchev–Trinajstić information content (AvgIpc) is 3.18. The minimum absolute atomic E-state index is 0.106. The molecule has 2 aromatic heterocycles. The normalized spacial score (nSPS) is 14.4. The van der Waals surface area contributed by atoms with Crippen LogP contribution in [0.4, 0.5) is 20.4 Å². The fourth-order valence-corrected chi connectivity index (χ4v) is 3.67. The largest absolute Gasteiger partial charge is 0.491 e. The summed E-state index contributed by atoms with van der Waals surface area (Å²) < 4.78 is 40.9. The molecule has 4 rings (SSSR count). The van der Waals surface area contributed by atoms with Gasteiger partial charge in [0.05, 0.1) is 26.0 Å². The van der Waals surface area contributed by atoms with Gasteiger partial charge in [-0.2, -0.15) is 10.1 Å². The molecule has 1 aromatic carbocycles. The zero-order valence-corrected chi connectivity index (χ0v) is 17.6. The zero-order valence-electron chi connectivity index (χ0n) is 17.6. The highest BCUT2D eigenvalue weighted by atomic mass is 19.1. The number of aliphatic hydroxyl groups is 1. The zero-order chi connectivity index (χ0) is 22.7. The first-order valence-corrected chi connectivity index (χ1v) is 10.2. The lowest BCUT2D eigenvalue weighted by molar-refractivity contribution is 0.146. The minimum Gasteiger partial charge on any atom is -0.491 e. The van der Waals surface area contributed by atoms with E-state index in [1.165, 1.54) is 18.0 Å². The Hall–Kier alpha value is -3.25. The number of aromatic amines is 1. The molecule has 0 atom stereocenters. The highest BCUT2D eigenvalue weighted by Crippen LogP contribution is 2.29. The van der Waals surface area contributed by atoms with E-state index in [1.54, 1.807) is 4.90 Å². The van der Waals surface area contributed by atoms with Crippen LogP contribution in [0.25, 0.3) is 11.0 Å². The van der Waals surface area contributed by atoms with Crippen LogP contribution in [0, 0.1) is 11.6 Å². The third-order valence-corrected chi connectivity index (χ3v) is 5.25. The smallest absolute Gasteiger partial charge is 0.263 e. The Bertz CT molecular complexity index is 1120. The summed E-state index contributed by atoms with van der Waals surface area (Å²) in [6.07, 6.45) is 1.41. The van der Waals surface area contributed by atoms with Crippen LogP contribution in [-0.4, -0.2) is 78.0 Å². The van der Waals surface area contributed by atoms with Gasteiger partial charge in [-0.1, -0.05) is 0 Å². The number of hydrogen-bond donors (Lipinski definition) is 2. The molecule has 0 bridgehead atoms. The first kappa shape index (κ1) is 22.0. The Kier molecular flexibility index (Phi) is 6.51. The van der Waals surface area contributed by atoms with E-state index in [-0.39, 0.29) is 36.8 Å². The van der Waals surface area contributed by atoms with Crippen LogP contribution in [0.5, 0.6) is 5.75 Å². The van der Waals surface area contributed by atoms with Crippen molar-refractivity contribution >= 4 is 22.7 Å². The second-order valence-corrected chi connectivity index (χ2v) is 7.27. The lowest BCUT2D eigenvalue weighted by atomic mass is 10.2. The van der Waals surface area contributed by atoms with Gasteiger partial charge in [-0.05, 0) is 0 Å². The maximum absolute atomic E-state index is 14.6. The molecule has 1 aliphatic heterocycles. The van der Waals surface area contributed by atoms with Crippen molar-refractivity contribution in [1.82, 2.24) is 19.7 Å². The number of aromatic nitrogens is 4. The average molecular weight is 450 g/mol. The van der Waals surface area contributed by atoms with Gasteiger partial charge in [0.1, 0.15) is 23.4 Å². The van der Waals surface area contributed by atoms with Crippen LogP contribution >= 0.6 is 0 Å². The van der Waals surface area contributed by atoms with Crippen molar-refractivity contribution in [2.75, 3.05) is 62.9 Å². The summed E-state index contributed by atoms with van der Waals surface area (Å²) in [4.78, 5) is 23.1. The van der Waals surface area contributed by atoms with Gasteiger partial charge in [0, 0.05) is 45.4 Å². The molecule has 0 saturated carbocycles. The molecule has 10 nitrogen and oxygen atoms in total. The number of ether oxygens (including phenoxy) is 2. The van der Waals surface area contributed by atoms with Gasteiger partial charge in [-0.25, -0.2) is 13.5 Å². The lowest BCUT2D eigenvalue weighted by Crippen LogP contribution is -2.48. The molecule has 0 unspecified atom stereocenters. The molecule has 1 aliphatic rings. The van der Waals surface area contributed by atoms with Gasteiger partial charge in [0.25, 0.3) is 5.56 Å². The molecule has 0 amide bonds. The Balaban J connectivity index is 1.49. The summed E-state index contributed by atoms with van der Waals surface area (Å²) in [7, 11) is 1.51. The standard InChI is InChI=1S/C20H24F2N6O4/c1-31-8-9-32-13-10-15(21)17(16(22)11-13)26-2-4-27(5-3-26)20-24-18-14(19(30)25-20)12-23-28(18)6-7-29/h10-12,29H,2-9H2,1H3,(H,24,25,30). The second-order valence-electron chi connectivity index (χ2n) is 7.27. The molecule has 2 N–H and O–H groups in total. The summed E-state index contributed by atoms with van der Waals surface area (Å²) in [5.41, 5.74) is -0.0687. The Morgan fingerprint density at radius 1 is 1.12 bits per heavy atom. The summed E-state index contributed by atoms with van der Waals surface area (Å²) in [5, 5.41) is 13.6. The van der Waals surface area contributed by atoms with Gasteiger partial charge in [-0.15, -0.1) is 0 Å². The number of fused-ring (bicyclic) bond motifs is 1. The number of nitrogens with zero attached hydrogens (tertiary/aromatic N) is 5. The molecular weight excluding hydrogens is 426 g/mol. The van der Waals surface area contributed by atoms with Crippen LogP contribution in [0.2, 0.25) is 0 Å². The van der Waals surface area contributed by atoms with Crippen LogP contribution in [0.3, 0.4) is 0 Å². The van der Waals surface area contributed by atoms with Crippen LogP contribution in [-0.2, 0) is 11.3 Å². The number of H-pyrrole nitrogens is 1. The Morgan fingerprint density at radius 3 is 2.47 bits per heavy atom. The third-order valence-electron chi connectivity index (χ3n) is 5.25. The van der Waals surface area contributed by atoms with Crippen molar-refractivity contribution in [2.45, 2.75) is 6.54 Å². The molecule has 0 aliphatic carbocycles. The summed E-state index contributed by atoms with van der Waals surface area (Å²) >= 11 is 0. The highest BCUT2D eigenvalue weighted by molar-refractivity contribution is 5.74. The quantitative estimate of drug-likeness (QED) is 0.484. The SMILES string of the molecule is COCCOc1cc(F)c(N2CCN(c3nc4c(cnn4CCO)c(=O)[nH]3)CC2)c(F)c1. The maximum Gasteiger partial charge on any atom is 0.263 e. The van der Waals surface area contributed by atoms with Crippen molar-refractivity contribution in [3.05, 3.63) is 40.3 Å². The van der Waals surface area contributed by atoms with Crippen molar-refractivity contribution in [2.24, 2.45) is 0 Å². The predicted octanol–water partition coefficient (Wildman–Crippen LogP) is 0.742. The number of benzene rings is 1. The monoisotopic (exact) mass is 450 g/mol. The van der Waals surface area contributed by atoms with E-state index < -0.39 is 11.6 Å². The molecule has 1 fully saturated rings. The van der Waals surface area contributed by atoms with Crippen molar-refractivity contribution in [1.29, 1.82) is 0 Å². The highest BCUT2D eigenvalue weighted by Gasteiger charge is 2.25. The van der Waals surface area contributed by atoms with Crippen molar-refractivity contribution in [3.8, 4) is 5.75 Å². The van der Waals surface area contributed by atoms with Gasteiger partial charge >= 0.3 is 0 Å². The fraction of sp³-hybridized carbons (Fsp3) is 0.450. The van der Waals surface area contributed by atoms with E-state index in [1.807, 2.05) is 4.90 Å². The van der Waals surface area contributed by atoms with E-state index in [0.717, 1.165) is 12.1 Å². The number of nitrogens with one attached hydrogen (secondary N) is 1. The number of hydrogen-bond acceptors (Lipinski definition) is 8. The minimum atomic E-state index is -0.702. The number of methoxy groups -OCH3 is 1. The predicted molar refractivity (Wildman–Crippen MR) is 113 cm³/mol. The van der Waals surface area contributed by atoms with Crippen molar-refractivity contribution < 1.29 is 23.4 Å². The molecule has 3 aromatic rings. The molecule has 0 spiro atoms. The third kappa shape index (κ3) is 4.36. The van der Waals surface area contributed by atoms with Gasteiger partial charge in [0.2, 0.25) is 5.95 Å².